The molecule has 9 heteroatoms. The molecule has 25 heavy (non-hydrogen) atoms. The van der Waals surface area contributed by atoms with E-state index in [2.05, 4.69) is 10.6 Å². The van der Waals surface area contributed by atoms with Gasteiger partial charge in [0.05, 0.1) is 29.1 Å². The number of nitrogens with one attached hydrogen (secondary N) is 2. The first-order valence-electron chi connectivity index (χ1n) is 7.12. The maximum Gasteiger partial charge on any atom is 0.314 e. The standard InChI is InChI=1S/C16H16N4O5/c1-9-3-5-11(17)12(7-9)18-15(21)16(22)19-13-8-10(20(23)24)4-6-14(13)25-2/h3-8H,17H2,1-2H3,(H,18,21)(H,19,22). The first-order valence-corrected chi connectivity index (χ1v) is 7.12. The Morgan fingerprint density at radius 2 is 1.72 bits per heavy atom. The molecule has 2 aromatic carbocycles. The molecule has 0 aromatic heterocycles. The number of nitro groups is 1. The van der Waals surface area contributed by atoms with Crippen molar-refractivity contribution in [3.05, 3.63) is 52.1 Å². The maximum atomic E-state index is 12.1. The van der Waals surface area contributed by atoms with Crippen molar-refractivity contribution in [3.8, 4) is 5.75 Å². The predicted octanol–water partition coefficient (Wildman–Crippen LogP) is 2.07. The van der Waals surface area contributed by atoms with Gasteiger partial charge in [-0.3, -0.25) is 19.7 Å². The first kappa shape index (κ1) is 17.7. The Kier molecular flexibility index (Phi) is 5.18. The zero-order valence-electron chi connectivity index (χ0n) is 13.5. The molecule has 4 N–H and O–H groups in total. The Bertz CT molecular complexity index is 850. The fourth-order valence-corrected chi connectivity index (χ4v) is 2.04. The Hall–Kier alpha value is -3.62. The molecule has 0 spiro atoms. The summed E-state index contributed by atoms with van der Waals surface area (Å²) in [5.41, 5.74) is 6.96. The number of carbonyl (C=O) groups excluding carboxylic acids is 2. The van der Waals surface area contributed by atoms with Crippen LogP contribution in [-0.2, 0) is 9.59 Å². The first-order chi connectivity index (χ1) is 11.8. The maximum absolute atomic E-state index is 12.1. The number of benzene rings is 2. The van der Waals surface area contributed by atoms with E-state index in [9.17, 15) is 19.7 Å². The van der Waals surface area contributed by atoms with Crippen LogP contribution in [-0.4, -0.2) is 23.8 Å². The second-order valence-corrected chi connectivity index (χ2v) is 5.14. The van der Waals surface area contributed by atoms with Crippen molar-refractivity contribution in [2.24, 2.45) is 0 Å². The Labute approximate surface area is 142 Å². The number of methoxy groups -OCH3 is 1. The Morgan fingerprint density at radius 3 is 2.32 bits per heavy atom. The highest BCUT2D eigenvalue weighted by molar-refractivity contribution is 6.44. The number of non-ortho nitro benzene ring substituents is 1. The summed E-state index contributed by atoms with van der Waals surface area (Å²) in [4.78, 5) is 34.3. The van der Waals surface area contributed by atoms with Crippen LogP contribution in [0.25, 0.3) is 0 Å². The minimum absolute atomic E-state index is 0.00839. The van der Waals surface area contributed by atoms with Gasteiger partial charge in [-0.25, -0.2) is 0 Å². The molecular weight excluding hydrogens is 328 g/mol. The van der Waals surface area contributed by atoms with Gasteiger partial charge < -0.3 is 21.1 Å². The fourth-order valence-electron chi connectivity index (χ4n) is 2.04. The molecule has 0 aliphatic carbocycles. The number of ether oxygens (including phenoxy) is 1. The van der Waals surface area contributed by atoms with Crippen LogP contribution in [0.3, 0.4) is 0 Å². The third-order valence-electron chi connectivity index (χ3n) is 3.31. The van der Waals surface area contributed by atoms with Crippen molar-refractivity contribution in [3.63, 3.8) is 0 Å². The average molecular weight is 344 g/mol. The Balaban J connectivity index is 2.18. The van der Waals surface area contributed by atoms with E-state index in [0.29, 0.717) is 11.4 Å². The number of nitrogen functional groups attached to an aromatic ring is 1. The summed E-state index contributed by atoms with van der Waals surface area (Å²) in [5.74, 6) is -1.80. The molecule has 130 valence electrons. The quantitative estimate of drug-likeness (QED) is 0.336. The SMILES string of the molecule is COc1ccc([N+](=O)[O-])cc1NC(=O)C(=O)Nc1cc(C)ccc1N. The van der Waals surface area contributed by atoms with E-state index in [1.807, 2.05) is 6.92 Å². The predicted molar refractivity (Wildman–Crippen MR) is 92.5 cm³/mol. The minimum Gasteiger partial charge on any atom is -0.495 e. The number of rotatable bonds is 4. The summed E-state index contributed by atoms with van der Waals surface area (Å²) < 4.78 is 5.02. The van der Waals surface area contributed by atoms with Crippen molar-refractivity contribution in [1.82, 2.24) is 0 Å². The molecule has 0 bridgehead atoms. The van der Waals surface area contributed by atoms with Gasteiger partial charge in [0, 0.05) is 12.1 Å². The van der Waals surface area contributed by atoms with E-state index >= 15 is 0 Å². The van der Waals surface area contributed by atoms with E-state index < -0.39 is 16.7 Å². The van der Waals surface area contributed by atoms with Crippen molar-refractivity contribution in [2.45, 2.75) is 6.92 Å². The molecule has 0 unspecified atom stereocenters. The molecule has 0 aliphatic heterocycles. The summed E-state index contributed by atoms with van der Waals surface area (Å²) in [6.45, 7) is 1.81. The van der Waals surface area contributed by atoms with Gasteiger partial charge in [-0.2, -0.15) is 0 Å². The van der Waals surface area contributed by atoms with E-state index in [1.165, 1.54) is 19.2 Å². The highest BCUT2D eigenvalue weighted by Gasteiger charge is 2.19. The van der Waals surface area contributed by atoms with Crippen LogP contribution >= 0.6 is 0 Å². The van der Waals surface area contributed by atoms with E-state index in [0.717, 1.165) is 11.6 Å². The molecule has 2 amide bonds. The molecule has 0 radical (unpaired) electrons. The van der Waals surface area contributed by atoms with Crippen LogP contribution < -0.4 is 21.1 Å². The van der Waals surface area contributed by atoms with E-state index in [4.69, 9.17) is 10.5 Å². The summed E-state index contributed by atoms with van der Waals surface area (Å²) in [7, 11) is 1.34. The lowest BCUT2D eigenvalue weighted by molar-refractivity contribution is -0.384. The largest absolute Gasteiger partial charge is 0.495 e. The van der Waals surface area contributed by atoms with Crippen LogP contribution in [0.5, 0.6) is 5.75 Å². The summed E-state index contributed by atoms with van der Waals surface area (Å²) in [6, 6.07) is 8.64. The number of hydrogen-bond acceptors (Lipinski definition) is 6. The summed E-state index contributed by atoms with van der Waals surface area (Å²) >= 11 is 0. The van der Waals surface area contributed by atoms with E-state index in [1.54, 1.807) is 18.2 Å². The van der Waals surface area contributed by atoms with Gasteiger partial charge in [0.1, 0.15) is 5.75 Å². The molecule has 0 saturated carbocycles. The monoisotopic (exact) mass is 344 g/mol. The third kappa shape index (κ3) is 4.22. The fraction of sp³-hybridized carbons (Fsp3) is 0.125. The van der Waals surface area contributed by atoms with Gasteiger partial charge in [0.25, 0.3) is 5.69 Å². The minimum atomic E-state index is -1.01. The van der Waals surface area contributed by atoms with Crippen LogP contribution in [0.4, 0.5) is 22.7 Å². The molecule has 0 heterocycles. The van der Waals surface area contributed by atoms with Crippen molar-refractivity contribution in [1.29, 1.82) is 0 Å². The van der Waals surface area contributed by atoms with Gasteiger partial charge in [-0.1, -0.05) is 6.07 Å². The molecular formula is C16H16N4O5. The topological polar surface area (TPSA) is 137 Å². The highest BCUT2D eigenvalue weighted by Crippen LogP contribution is 2.29. The molecule has 2 aromatic rings. The number of anilines is 3. The molecule has 0 saturated heterocycles. The Morgan fingerprint density at radius 1 is 1.08 bits per heavy atom. The number of amides is 2. The van der Waals surface area contributed by atoms with Gasteiger partial charge in [0.2, 0.25) is 0 Å². The average Bonchev–Trinajstić information content (AvgIpc) is 2.57. The number of carbonyl (C=O) groups is 2. The van der Waals surface area contributed by atoms with Crippen LogP contribution in [0.2, 0.25) is 0 Å². The van der Waals surface area contributed by atoms with Gasteiger partial charge in [-0.05, 0) is 30.7 Å². The second-order valence-electron chi connectivity index (χ2n) is 5.14. The van der Waals surface area contributed by atoms with E-state index in [-0.39, 0.29) is 17.1 Å². The normalized spacial score (nSPS) is 10.0. The van der Waals surface area contributed by atoms with Gasteiger partial charge in [-0.15, -0.1) is 0 Å². The molecule has 0 fully saturated rings. The van der Waals surface area contributed by atoms with Crippen LogP contribution in [0, 0.1) is 17.0 Å². The molecule has 0 atom stereocenters. The summed E-state index contributed by atoms with van der Waals surface area (Å²) in [5, 5.41) is 15.5. The molecule has 0 aliphatic rings. The van der Waals surface area contributed by atoms with Crippen LogP contribution in [0.15, 0.2) is 36.4 Å². The zero-order chi connectivity index (χ0) is 18.6. The number of hydrogen-bond donors (Lipinski definition) is 3. The number of nitrogens with zero attached hydrogens (tertiary/aromatic N) is 1. The van der Waals surface area contributed by atoms with Gasteiger partial charge in [0.15, 0.2) is 0 Å². The number of nitrogens with two attached hydrogens (primary N) is 1. The van der Waals surface area contributed by atoms with Crippen molar-refractivity contribution in [2.75, 3.05) is 23.5 Å². The number of nitro benzene ring substituents is 1. The second kappa shape index (κ2) is 7.30. The number of aryl methyl sites for hydroxylation is 1. The zero-order valence-corrected chi connectivity index (χ0v) is 13.5. The summed E-state index contributed by atoms with van der Waals surface area (Å²) in [6.07, 6.45) is 0. The van der Waals surface area contributed by atoms with Crippen LogP contribution in [0.1, 0.15) is 5.56 Å². The van der Waals surface area contributed by atoms with Crippen molar-refractivity contribution < 1.29 is 19.2 Å². The lowest BCUT2D eigenvalue weighted by Gasteiger charge is -2.11. The molecule has 2 rings (SSSR count). The lowest BCUT2D eigenvalue weighted by Crippen LogP contribution is -2.29. The third-order valence-corrected chi connectivity index (χ3v) is 3.31. The highest BCUT2D eigenvalue weighted by atomic mass is 16.6. The smallest absolute Gasteiger partial charge is 0.314 e. The van der Waals surface area contributed by atoms with Gasteiger partial charge >= 0.3 is 11.8 Å². The van der Waals surface area contributed by atoms with Crippen molar-refractivity contribution >= 4 is 34.6 Å². The lowest BCUT2D eigenvalue weighted by atomic mass is 10.2. The molecule has 9 nitrogen and oxygen atoms in total.